The molecule has 4 rings (SSSR count). The Kier molecular flexibility index (Phi) is 5.18. The summed E-state index contributed by atoms with van der Waals surface area (Å²) in [6.45, 7) is 4.38. The molecule has 1 amide bonds. The second-order valence-electron chi connectivity index (χ2n) is 6.66. The Balaban J connectivity index is 1.62. The minimum atomic E-state index is -0.339. The van der Waals surface area contributed by atoms with Crippen LogP contribution in [0, 0.1) is 0 Å². The molecule has 9 heteroatoms. The van der Waals surface area contributed by atoms with Crippen LogP contribution in [0.2, 0.25) is 0 Å². The van der Waals surface area contributed by atoms with Gasteiger partial charge in [-0.1, -0.05) is 18.2 Å². The van der Waals surface area contributed by atoms with Gasteiger partial charge in [-0.2, -0.15) is 5.10 Å². The first-order valence-electron chi connectivity index (χ1n) is 9.23. The lowest BCUT2D eigenvalue weighted by Gasteiger charge is -2.26. The molecule has 0 radical (unpaired) electrons. The first-order valence-corrected chi connectivity index (χ1v) is 9.23. The van der Waals surface area contributed by atoms with Crippen molar-refractivity contribution in [1.82, 2.24) is 29.5 Å². The summed E-state index contributed by atoms with van der Waals surface area (Å²) in [4.78, 5) is 32.0. The maximum Gasteiger partial charge on any atom is 0.279 e. The first kappa shape index (κ1) is 18.3. The molecule has 0 aliphatic carbocycles. The van der Waals surface area contributed by atoms with Crippen molar-refractivity contribution in [1.29, 1.82) is 0 Å². The van der Waals surface area contributed by atoms with E-state index in [4.69, 9.17) is 4.74 Å². The molecular weight excluding hydrogens is 360 g/mol. The summed E-state index contributed by atoms with van der Waals surface area (Å²) in [5, 5.41) is 7.31. The van der Waals surface area contributed by atoms with Crippen LogP contribution in [0.5, 0.6) is 0 Å². The molecule has 0 unspecified atom stereocenters. The van der Waals surface area contributed by atoms with Crippen molar-refractivity contribution in [3.63, 3.8) is 0 Å². The third kappa shape index (κ3) is 3.54. The largest absolute Gasteiger partial charge is 0.379 e. The summed E-state index contributed by atoms with van der Waals surface area (Å²) in [7, 11) is 1.62. The summed E-state index contributed by atoms with van der Waals surface area (Å²) >= 11 is 0. The third-order valence-electron chi connectivity index (χ3n) is 4.78. The van der Waals surface area contributed by atoms with Gasteiger partial charge in [-0.05, 0) is 12.1 Å². The van der Waals surface area contributed by atoms with Gasteiger partial charge in [-0.3, -0.25) is 14.5 Å². The lowest BCUT2D eigenvalue weighted by atomic mass is 10.3. The van der Waals surface area contributed by atoms with E-state index in [9.17, 15) is 9.59 Å². The summed E-state index contributed by atoms with van der Waals surface area (Å²) in [6.07, 6.45) is 1.41. The normalized spacial score (nSPS) is 15.0. The SMILES string of the molecule is Cn1cnc2c(C(=O)NCCN3CCOCC3)nn(-c3ccccc3)c2c1=O. The lowest BCUT2D eigenvalue weighted by molar-refractivity contribution is 0.0383. The number of benzene rings is 1. The van der Waals surface area contributed by atoms with Crippen LogP contribution in [0.25, 0.3) is 16.7 Å². The van der Waals surface area contributed by atoms with Crippen molar-refractivity contribution in [3.8, 4) is 5.69 Å². The zero-order valence-corrected chi connectivity index (χ0v) is 15.7. The highest BCUT2D eigenvalue weighted by molar-refractivity contribution is 6.03. The molecule has 2 aromatic heterocycles. The van der Waals surface area contributed by atoms with Crippen LogP contribution in [-0.4, -0.2) is 69.5 Å². The zero-order chi connectivity index (χ0) is 19.5. The molecule has 9 nitrogen and oxygen atoms in total. The molecular formula is C19H22N6O3. The van der Waals surface area contributed by atoms with E-state index in [1.807, 2.05) is 30.3 Å². The second kappa shape index (κ2) is 7.91. The summed E-state index contributed by atoms with van der Waals surface area (Å²) in [5.41, 5.74) is 1.18. The average molecular weight is 382 g/mol. The molecule has 1 saturated heterocycles. The number of rotatable bonds is 5. The highest BCUT2D eigenvalue weighted by Gasteiger charge is 2.22. The molecule has 1 aliphatic rings. The van der Waals surface area contributed by atoms with E-state index in [0.29, 0.717) is 31.0 Å². The van der Waals surface area contributed by atoms with E-state index < -0.39 is 0 Å². The molecule has 0 saturated carbocycles. The van der Waals surface area contributed by atoms with E-state index in [1.54, 1.807) is 7.05 Å². The number of hydrogen-bond donors (Lipinski definition) is 1. The fraction of sp³-hybridized carbons (Fsp3) is 0.368. The number of aromatic nitrogens is 4. The van der Waals surface area contributed by atoms with Crippen LogP contribution < -0.4 is 10.9 Å². The lowest BCUT2D eigenvalue weighted by Crippen LogP contribution is -2.41. The number of ether oxygens (including phenoxy) is 1. The predicted molar refractivity (Wildman–Crippen MR) is 104 cm³/mol. The summed E-state index contributed by atoms with van der Waals surface area (Å²) in [5.74, 6) is -0.339. The van der Waals surface area contributed by atoms with Crippen molar-refractivity contribution < 1.29 is 9.53 Å². The molecule has 1 N–H and O–H groups in total. The van der Waals surface area contributed by atoms with Crippen LogP contribution in [0.4, 0.5) is 0 Å². The van der Waals surface area contributed by atoms with Gasteiger partial charge in [-0.25, -0.2) is 9.67 Å². The number of nitrogens with one attached hydrogen (secondary N) is 1. The van der Waals surface area contributed by atoms with Crippen LogP contribution in [-0.2, 0) is 11.8 Å². The Morgan fingerprint density at radius 1 is 1.21 bits per heavy atom. The van der Waals surface area contributed by atoms with Gasteiger partial charge in [0.05, 0.1) is 25.2 Å². The van der Waals surface area contributed by atoms with Gasteiger partial charge in [0, 0.05) is 33.2 Å². The van der Waals surface area contributed by atoms with Crippen molar-refractivity contribution in [2.75, 3.05) is 39.4 Å². The maximum atomic E-state index is 12.8. The monoisotopic (exact) mass is 382 g/mol. The molecule has 28 heavy (non-hydrogen) atoms. The minimum absolute atomic E-state index is 0.151. The molecule has 3 aromatic rings. The van der Waals surface area contributed by atoms with E-state index in [2.05, 4.69) is 20.3 Å². The molecule has 1 aliphatic heterocycles. The van der Waals surface area contributed by atoms with E-state index >= 15 is 0 Å². The summed E-state index contributed by atoms with van der Waals surface area (Å²) in [6, 6.07) is 9.25. The topological polar surface area (TPSA) is 94.3 Å². The molecule has 0 bridgehead atoms. The van der Waals surface area contributed by atoms with Gasteiger partial charge >= 0.3 is 0 Å². The first-order chi connectivity index (χ1) is 13.6. The van der Waals surface area contributed by atoms with Crippen LogP contribution in [0.15, 0.2) is 41.5 Å². The highest BCUT2D eigenvalue weighted by Crippen LogP contribution is 2.17. The van der Waals surface area contributed by atoms with E-state index in [1.165, 1.54) is 15.6 Å². The van der Waals surface area contributed by atoms with Gasteiger partial charge in [0.15, 0.2) is 11.2 Å². The molecule has 146 valence electrons. The van der Waals surface area contributed by atoms with Gasteiger partial charge < -0.3 is 14.6 Å². The van der Waals surface area contributed by atoms with Crippen LogP contribution >= 0.6 is 0 Å². The van der Waals surface area contributed by atoms with Crippen molar-refractivity contribution in [3.05, 3.63) is 52.7 Å². The number of hydrogen-bond acceptors (Lipinski definition) is 6. The van der Waals surface area contributed by atoms with Crippen molar-refractivity contribution in [2.24, 2.45) is 7.05 Å². The Morgan fingerprint density at radius 2 is 1.96 bits per heavy atom. The fourth-order valence-electron chi connectivity index (χ4n) is 3.23. The van der Waals surface area contributed by atoms with Crippen molar-refractivity contribution in [2.45, 2.75) is 0 Å². The van der Waals surface area contributed by atoms with Crippen molar-refractivity contribution >= 4 is 16.9 Å². The average Bonchev–Trinajstić information content (AvgIpc) is 3.12. The Bertz CT molecular complexity index is 1040. The number of fused-ring (bicyclic) bond motifs is 1. The molecule has 0 spiro atoms. The molecule has 0 atom stereocenters. The van der Waals surface area contributed by atoms with E-state index in [0.717, 1.165) is 19.6 Å². The number of para-hydroxylation sites is 1. The number of nitrogens with zero attached hydrogens (tertiary/aromatic N) is 5. The Hall–Kier alpha value is -3.04. The molecule has 1 fully saturated rings. The number of morpholine rings is 1. The second-order valence-corrected chi connectivity index (χ2v) is 6.66. The van der Waals surface area contributed by atoms with Gasteiger partial charge in [0.2, 0.25) is 0 Å². The third-order valence-corrected chi connectivity index (χ3v) is 4.78. The molecule has 1 aromatic carbocycles. The Labute approximate surface area is 161 Å². The standard InChI is InChI=1S/C19H22N6O3/c1-23-13-21-15-16(18(26)20-7-8-24-9-11-28-12-10-24)22-25(17(15)19(23)27)14-5-3-2-4-6-14/h2-6,13H,7-12H2,1H3,(H,20,26). The van der Waals surface area contributed by atoms with E-state index in [-0.39, 0.29) is 22.7 Å². The number of aryl methyl sites for hydroxylation is 1. The minimum Gasteiger partial charge on any atom is -0.379 e. The number of carbonyl (C=O) groups excluding carboxylic acids is 1. The fourth-order valence-corrected chi connectivity index (χ4v) is 3.23. The number of carbonyl (C=O) groups is 1. The van der Waals surface area contributed by atoms with Crippen LogP contribution in [0.1, 0.15) is 10.5 Å². The predicted octanol–water partition coefficient (Wildman–Crippen LogP) is 0.181. The highest BCUT2D eigenvalue weighted by atomic mass is 16.5. The number of amides is 1. The van der Waals surface area contributed by atoms with Gasteiger partial charge in [-0.15, -0.1) is 0 Å². The maximum absolute atomic E-state index is 12.8. The zero-order valence-electron chi connectivity index (χ0n) is 15.7. The van der Waals surface area contributed by atoms with Crippen LogP contribution in [0.3, 0.4) is 0 Å². The smallest absolute Gasteiger partial charge is 0.279 e. The Morgan fingerprint density at radius 3 is 2.71 bits per heavy atom. The molecule has 3 heterocycles. The van der Waals surface area contributed by atoms with Gasteiger partial charge in [0.1, 0.15) is 5.52 Å². The van der Waals surface area contributed by atoms with Gasteiger partial charge in [0.25, 0.3) is 11.5 Å². The quantitative estimate of drug-likeness (QED) is 0.677. The summed E-state index contributed by atoms with van der Waals surface area (Å²) < 4.78 is 8.19.